The molecule has 4 rings (SSSR count). The normalized spacial score (nSPS) is 14.3. The molecule has 0 saturated carbocycles. The van der Waals surface area contributed by atoms with Crippen molar-refractivity contribution < 1.29 is 23.1 Å². The van der Waals surface area contributed by atoms with Crippen LogP contribution in [0.25, 0.3) is 5.57 Å². The molecule has 3 aromatic rings. The first-order chi connectivity index (χ1) is 16.3. The highest BCUT2D eigenvalue weighted by atomic mass is 79.9. The lowest BCUT2D eigenvalue weighted by Gasteiger charge is -2.26. The van der Waals surface area contributed by atoms with Crippen molar-refractivity contribution in [2.24, 2.45) is 0 Å². The van der Waals surface area contributed by atoms with Crippen LogP contribution in [0, 0.1) is 0 Å². The van der Waals surface area contributed by atoms with Gasteiger partial charge in [0.15, 0.2) is 0 Å². The zero-order valence-corrected chi connectivity index (χ0v) is 20.3. The average Bonchev–Trinajstić information content (AvgIpc) is 2.85. The Bertz CT molecular complexity index is 1370. The summed E-state index contributed by atoms with van der Waals surface area (Å²) in [6, 6.07) is 20.0. The Labute approximate surface area is 205 Å². The van der Waals surface area contributed by atoms with E-state index in [2.05, 4.69) is 21.2 Å². The van der Waals surface area contributed by atoms with Crippen LogP contribution < -0.4 is 5.32 Å². The van der Waals surface area contributed by atoms with E-state index >= 15 is 0 Å². The number of halogens is 1. The Morgan fingerprint density at radius 3 is 2.29 bits per heavy atom. The minimum absolute atomic E-state index is 0.0602. The van der Waals surface area contributed by atoms with Gasteiger partial charge in [0.05, 0.1) is 16.1 Å². The summed E-state index contributed by atoms with van der Waals surface area (Å²) in [4.78, 5) is 24.2. The van der Waals surface area contributed by atoms with Crippen LogP contribution >= 0.6 is 15.9 Å². The van der Waals surface area contributed by atoms with Gasteiger partial charge in [-0.3, -0.25) is 4.79 Å². The minimum atomic E-state index is -3.72. The summed E-state index contributed by atoms with van der Waals surface area (Å²) >= 11 is 3.21. The Hall–Kier alpha value is -3.27. The number of carbonyl (C=O) groups excluding carboxylic acids is 1. The minimum Gasteiger partial charge on any atom is -0.478 e. The van der Waals surface area contributed by atoms with Crippen LogP contribution in [0.1, 0.15) is 32.7 Å². The number of benzene rings is 3. The Balaban J connectivity index is 1.48. The molecule has 1 aliphatic heterocycles. The number of carboxylic acids is 1. The van der Waals surface area contributed by atoms with E-state index < -0.39 is 21.9 Å². The molecule has 1 heterocycles. The van der Waals surface area contributed by atoms with Gasteiger partial charge in [0.25, 0.3) is 5.91 Å². The number of nitrogens with one attached hydrogen (secondary N) is 1. The molecule has 34 heavy (non-hydrogen) atoms. The van der Waals surface area contributed by atoms with Gasteiger partial charge in [0.2, 0.25) is 10.0 Å². The van der Waals surface area contributed by atoms with Crippen LogP contribution in [0.3, 0.4) is 0 Å². The molecule has 1 aliphatic rings. The van der Waals surface area contributed by atoms with Crippen LogP contribution in [0.5, 0.6) is 0 Å². The maximum atomic E-state index is 13.1. The average molecular weight is 541 g/mol. The second kappa shape index (κ2) is 9.92. The van der Waals surface area contributed by atoms with Crippen LogP contribution in [-0.4, -0.2) is 42.8 Å². The number of hydrogen-bond donors (Lipinski definition) is 2. The number of amides is 1. The number of anilines is 1. The number of sulfonamides is 1. The number of carbonyl (C=O) groups is 2. The van der Waals surface area contributed by atoms with Crippen molar-refractivity contribution in [2.45, 2.75) is 11.3 Å². The molecule has 0 radical (unpaired) electrons. The highest BCUT2D eigenvalue weighted by Gasteiger charge is 2.26. The summed E-state index contributed by atoms with van der Waals surface area (Å²) in [5.74, 6) is -1.72. The van der Waals surface area contributed by atoms with Gasteiger partial charge in [-0.25, -0.2) is 13.2 Å². The van der Waals surface area contributed by atoms with Crippen molar-refractivity contribution in [2.75, 3.05) is 18.4 Å². The van der Waals surface area contributed by atoms with Crippen LogP contribution in [0.4, 0.5) is 5.69 Å². The summed E-state index contributed by atoms with van der Waals surface area (Å²) in [6.45, 7) is 0.642. The van der Waals surface area contributed by atoms with E-state index in [1.54, 1.807) is 6.07 Å². The van der Waals surface area contributed by atoms with Crippen molar-refractivity contribution in [3.05, 3.63) is 100 Å². The number of nitrogens with zero attached hydrogens (tertiary/aromatic N) is 1. The predicted octanol–water partition coefficient (Wildman–Crippen LogP) is 4.88. The summed E-state index contributed by atoms with van der Waals surface area (Å²) < 4.78 is 28.1. The topological polar surface area (TPSA) is 104 Å². The molecule has 174 valence electrons. The lowest BCUT2D eigenvalue weighted by atomic mass is 10.0. The molecule has 0 spiro atoms. The summed E-state index contributed by atoms with van der Waals surface area (Å²) in [7, 11) is -3.72. The molecule has 9 heteroatoms. The second-order valence-electron chi connectivity index (χ2n) is 7.68. The summed E-state index contributed by atoms with van der Waals surface area (Å²) in [5, 5.41) is 11.9. The van der Waals surface area contributed by atoms with Gasteiger partial charge < -0.3 is 10.4 Å². The number of carboxylic acid groups (broad SMARTS) is 1. The highest BCUT2D eigenvalue weighted by molar-refractivity contribution is 9.10. The fraction of sp³-hybridized carbons (Fsp3) is 0.120. The van der Waals surface area contributed by atoms with Crippen LogP contribution in [0.15, 0.2) is 88.2 Å². The van der Waals surface area contributed by atoms with Gasteiger partial charge in [-0.2, -0.15) is 4.31 Å². The molecule has 1 amide bonds. The lowest BCUT2D eigenvalue weighted by molar-refractivity contribution is 0.0698. The third-order valence-electron chi connectivity index (χ3n) is 5.53. The molecule has 0 aromatic heterocycles. The van der Waals surface area contributed by atoms with Gasteiger partial charge in [-0.1, -0.05) is 52.3 Å². The Morgan fingerprint density at radius 1 is 0.971 bits per heavy atom. The van der Waals surface area contributed by atoms with Crippen molar-refractivity contribution in [1.82, 2.24) is 4.31 Å². The molecule has 2 N–H and O–H groups in total. The molecular weight excluding hydrogens is 520 g/mol. The maximum Gasteiger partial charge on any atom is 0.337 e. The van der Waals surface area contributed by atoms with Crippen molar-refractivity contribution in [3.8, 4) is 0 Å². The van der Waals surface area contributed by atoms with Gasteiger partial charge in [-0.05, 0) is 60.0 Å². The monoisotopic (exact) mass is 540 g/mol. The van der Waals surface area contributed by atoms with E-state index in [0.29, 0.717) is 17.4 Å². The van der Waals surface area contributed by atoms with E-state index in [1.165, 1.54) is 40.7 Å². The fourth-order valence-electron chi connectivity index (χ4n) is 3.71. The zero-order chi connectivity index (χ0) is 24.3. The van der Waals surface area contributed by atoms with Gasteiger partial charge in [0.1, 0.15) is 0 Å². The summed E-state index contributed by atoms with van der Waals surface area (Å²) in [5.41, 5.74) is 2.50. The van der Waals surface area contributed by atoms with Crippen molar-refractivity contribution in [1.29, 1.82) is 0 Å². The highest BCUT2D eigenvalue weighted by Crippen LogP contribution is 2.26. The van der Waals surface area contributed by atoms with Crippen LogP contribution in [-0.2, 0) is 10.0 Å². The van der Waals surface area contributed by atoms with Crippen molar-refractivity contribution in [3.63, 3.8) is 0 Å². The molecule has 0 fully saturated rings. The molecule has 3 aromatic carbocycles. The first-order valence-corrected chi connectivity index (χ1v) is 12.7. The number of aromatic carboxylic acids is 1. The molecule has 7 nitrogen and oxygen atoms in total. The third kappa shape index (κ3) is 5.11. The SMILES string of the molecule is O=C(Nc1ccc(Br)cc1C(=O)O)c1ccc(S(=O)(=O)N2CC=C(c3ccccc3)CC2)cc1. The zero-order valence-electron chi connectivity index (χ0n) is 17.9. The van der Waals surface area contributed by atoms with E-state index in [4.69, 9.17) is 0 Å². The fourth-order valence-corrected chi connectivity index (χ4v) is 5.45. The quantitative estimate of drug-likeness (QED) is 0.463. The molecule has 0 bridgehead atoms. The molecule has 0 atom stereocenters. The predicted molar refractivity (Wildman–Crippen MR) is 133 cm³/mol. The summed E-state index contributed by atoms with van der Waals surface area (Å²) in [6.07, 6.45) is 2.54. The maximum absolute atomic E-state index is 13.1. The van der Waals surface area contributed by atoms with E-state index in [1.807, 2.05) is 36.4 Å². The Kier molecular flexibility index (Phi) is 6.97. The first-order valence-electron chi connectivity index (χ1n) is 10.4. The smallest absolute Gasteiger partial charge is 0.337 e. The number of hydrogen-bond acceptors (Lipinski definition) is 4. The molecular formula is C25H21BrN2O5S. The lowest BCUT2D eigenvalue weighted by Crippen LogP contribution is -2.34. The van der Waals surface area contributed by atoms with Gasteiger partial charge >= 0.3 is 5.97 Å². The Morgan fingerprint density at radius 2 is 1.68 bits per heavy atom. The molecule has 0 unspecified atom stereocenters. The van der Waals surface area contributed by atoms with E-state index in [9.17, 15) is 23.1 Å². The van der Waals surface area contributed by atoms with Crippen LogP contribution in [0.2, 0.25) is 0 Å². The van der Waals surface area contributed by atoms with Gasteiger partial charge in [-0.15, -0.1) is 0 Å². The number of rotatable bonds is 6. The van der Waals surface area contributed by atoms with E-state index in [-0.39, 0.29) is 28.3 Å². The van der Waals surface area contributed by atoms with E-state index in [0.717, 1.165) is 11.1 Å². The largest absolute Gasteiger partial charge is 0.478 e. The molecule has 0 saturated heterocycles. The van der Waals surface area contributed by atoms with Crippen molar-refractivity contribution >= 4 is 49.1 Å². The molecule has 0 aliphatic carbocycles. The first kappa shape index (κ1) is 23.9. The second-order valence-corrected chi connectivity index (χ2v) is 10.5. The third-order valence-corrected chi connectivity index (χ3v) is 7.90. The standard InChI is InChI=1S/C25H21BrN2O5S/c26-20-8-11-23(22(16-20)25(30)31)27-24(29)19-6-9-21(10-7-19)34(32,33)28-14-12-18(13-15-28)17-4-2-1-3-5-17/h1-12,16H,13-15H2,(H,27,29)(H,30,31). The van der Waals surface area contributed by atoms with Gasteiger partial charge in [0, 0.05) is 23.1 Å².